The van der Waals surface area contributed by atoms with Gasteiger partial charge >= 0.3 is 0 Å². The normalized spacial score (nSPS) is 11.0. The molecular weight excluding hydrogens is 162 g/mol. The van der Waals surface area contributed by atoms with Crippen molar-refractivity contribution < 1.29 is 4.42 Å². The Morgan fingerprint density at radius 1 is 1.45 bits per heavy atom. The zero-order chi connectivity index (χ0) is 8.01. The van der Waals surface area contributed by atoms with Crippen LogP contribution in [0.2, 0.25) is 0 Å². The molecule has 2 rings (SSSR count). The van der Waals surface area contributed by atoms with E-state index in [1.807, 2.05) is 6.92 Å². The molecule has 2 aromatic heterocycles. The molecular formula is C6H7N3OS. The van der Waals surface area contributed by atoms with Crippen LogP contribution in [0.5, 0.6) is 0 Å². The summed E-state index contributed by atoms with van der Waals surface area (Å²) in [5.74, 6) is 0.429. The maximum Gasteiger partial charge on any atom is 0.241 e. The molecule has 0 bridgehead atoms. The van der Waals surface area contributed by atoms with Crippen LogP contribution < -0.4 is 11.5 Å². The van der Waals surface area contributed by atoms with Crippen LogP contribution >= 0.6 is 11.3 Å². The van der Waals surface area contributed by atoms with Gasteiger partial charge in [0.15, 0.2) is 11.0 Å². The number of thiazole rings is 1. The van der Waals surface area contributed by atoms with Gasteiger partial charge in [-0.2, -0.15) is 4.98 Å². The highest BCUT2D eigenvalue weighted by Gasteiger charge is 2.11. The zero-order valence-electron chi connectivity index (χ0n) is 5.92. The standard InChI is InChI=1S/C6H7N3OS/c1-2-3-5(10-4(2)7)9-6(8)11-3/h7H2,1H3,(H2,8,9). The first-order valence-corrected chi connectivity index (χ1v) is 3.91. The van der Waals surface area contributed by atoms with Gasteiger partial charge in [0, 0.05) is 5.56 Å². The lowest BCUT2D eigenvalue weighted by molar-refractivity contribution is 0.623. The van der Waals surface area contributed by atoms with Gasteiger partial charge in [-0.1, -0.05) is 11.3 Å². The highest BCUT2D eigenvalue weighted by atomic mass is 32.1. The molecule has 0 amide bonds. The number of nitrogens with two attached hydrogens (primary N) is 2. The Kier molecular flexibility index (Phi) is 1.11. The van der Waals surface area contributed by atoms with E-state index in [9.17, 15) is 0 Å². The Morgan fingerprint density at radius 2 is 2.18 bits per heavy atom. The van der Waals surface area contributed by atoms with Crippen LogP contribution in [0.3, 0.4) is 0 Å². The predicted octanol–water partition coefficient (Wildman–Crippen LogP) is 1.36. The number of aromatic nitrogens is 1. The fourth-order valence-electron chi connectivity index (χ4n) is 0.921. The van der Waals surface area contributed by atoms with Gasteiger partial charge in [0.2, 0.25) is 5.71 Å². The molecule has 2 heterocycles. The van der Waals surface area contributed by atoms with Gasteiger partial charge in [-0.3, -0.25) is 0 Å². The van der Waals surface area contributed by atoms with E-state index in [1.165, 1.54) is 11.3 Å². The average molecular weight is 169 g/mol. The van der Waals surface area contributed by atoms with Crippen molar-refractivity contribution in [1.82, 2.24) is 4.98 Å². The molecule has 0 spiro atoms. The smallest absolute Gasteiger partial charge is 0.241 e. The highest BCUT2D eigenvalue weighted by molar-refractivity contribution is 7.22. The number of nitrogen functional groups attached to an aromatic ring is 2. The summed E-state index contributed by atoms with van der Waals surface area (Å²) in [5, 5.41) is 0.516. The van der Waals surface area contributed by atoms with E-state index in [4.69, 9.17) is 15.9 Å². The summed E-state index contributed by atoms with van der Waals surface area (Å²) in [4.78, 5) is 3.94. The Labute approximate surface area is 66.8 Å². The lowest BCUT2D eigenvalue weighted by Crippen LogP contribution is -1.82. The minimum Gasteiger partial charge on any atom is -0.421 e. The Bertz CT molecular complexity index is 403. The Hall–Kier alpha value is -1.23. The van der Waals surface area contributed by atoms with Crippen molar-refractivity contribution in [2.75, 3.05) is 11.5 Å². The minimum atomic E-state index is 0.429. The first-order valence-electron chi connectivity index (χ1n) is 3.09. The van der Waals surface area contributed by atoms with Crippen molar-refractivity contribution in [3.63, 3.8) is 0 Å². The molecule has 4 N–H and O–H groups in total. The first-order chi connectivity index (χ1) is 5.18. The summed E-state index contributed by atoms with van der Waals surface area (Å²) in [7, 11) is 0. The summed E-state index contributed by atoms with van der Waals surface area (Å²) >= 11 is 1.39. The van der Waals surface area contributed by atoms with E-state index in [0.717, 1.165) is 10.3 Å². The van der Waals surface area contributed by atoms with Gasteiger partial charge in [-0.05, 0) is 6.92 Å². The number of hydrogen-bond donors (Lipinski definition) is 2. The molecule has 0 aliphatic heterocycles. The second-order valence-electron chi connectivity index (χ2n) is 2.28. The monoisotopic (exact) mass is 169 g/mol. The second-order valence-corrected chi connectivity index (χ2v) is 3.31. The molecule has 11 heavy (non-hydrogen) atoms. The third-order valence-electron chi connectivity index (χ3n) is 1.53. The fourth-order valence-corrected chi connectivity index (χ4v) is 1.69. The summed E-state index contributed by atoms with van der Waals surface area (Å²) in [6, 6.07) is 0. The van der Waals surface area contributed by atoms with Crippen LogP contribution in [0.1, 0.15) is 5.56 Å². The Balaban J connectivity index is 2.88. The first kappa shape index (κ1) is 6.48. The molecule has 4 nitrogen and oxygen atoms in total. The third-order valence-corrected chi connectivity index (χ3v) is 2.51. The molecule has 0 aliphatic rings. The second kappa shape index (κ2) is 1.88. The topological polar surface area (TPSA) is 78.1 Å². The predicted molar refractivity (Wildman–Crippen MR) is 45.4 cm³/mol. The van der Waals surface area contributed by atoms with E-state index in [2.05, 4.69) is 4.98 Å². The molecule has 0 aliphatic carbocycles. The SMILES string of the molecule is Cc1c(N)oc2nc(N)sc12. The lowest BCUT2D eigenvalue weighted by Gasteiger charge is -1.83. The maximum absolute atomic E-state index is 5.51. The van der Waals surface area contributed by atoms with Crippen molar-refractivity contribution in [2.45, 2.75) is 6.92 Å². The zero-order valence-corrected chi connectivity index (χ0v) is 6.73. The lowest BCUT2D eigenvalue weighted by atomic mass is 10.4. The van der Waals surface area contributed by atoms with Crippen LogP contribution in [-0.2, 0) is 0 Å². The van der Waals surface area contributed by atoms with Crippen LogP contribution in [0.15, 0.2) is 4.42 Å². The molecule has 2 aromatic rings. The highest BCUT2D eigenvalue weighted by Crippen LogP contribution is 2.32. The summed E-state index contributed by atoms with van der Waals surface area (Å²) < 4.78 is 6.06. The van der Waals surface area contributed by atoms with Crippen molar-refractivity contribution in [2.24, 2.45) is 0 Å². The Morgan fingerprint density at radius 3 is 2.82 bits per heavy atom. The van der Waals surface area contributed by atoms with Gasteiger partial charge < -0.3 is 15.9 Å². The summed E-state index contributed by atoms with van der Waals surface area (Å²) in [6.07, 6.45) is 0. The number of nitrogens with zero attached hydrogens (tertiary/aromatic N) is 1. The van der Waals surface area contributed by atoms with Crippen molar-refractivity contribution >= 4 is 32.8 Å². The van der Waals surface area contributed by atoms with Gasteiger partial charge in [-0.25, -0.2) is 0 Å². The van der Waals surface area contributed by atoms with Crippen LogP contribution in [-0.4, -0.2) is 4.98 Å². The van der Waals surface area contributed by atoms with E-state index in [-0.39, 0.29) is 0 Å². The van der Waals surface area contributed by atoms with Crippen LogP contribution in [0.25, 0.3) is 10.4 Å². The molecule has 0 unspecified atom stereocenters. The van der Waals surface area contributed by atoms with Crippen LogP contribution in [0, 0.1) is 6.92 Å². The summed E-state index contributed by atoms with van der Waals surface area (Å²) in [6.45, 7) is 1.89. The number of fused-ring (bicyclic) bond motifs is 1. The van der Waals surface area contributed by atoms with E-state index < -0.39 is 0 Å². The number of rotatable bonds is 0. The molecule has 0 atom stereocenters. The molecule has 0 saturated heterocycles. The fraction of sp³-hybridized carbons (Fsp3) is 0.167. The van der Waals surface area contributed by atoms with Gasteiger partial charge in [-0.15, -0.1) is 0 Å². The van der Waals surface area contributed by atoms with Crippen molar-refractivity contribution in [1.29, 1.82) is 0 Å². The third kappa shape index (κ3) is 0.775. The average Bonchev–Trinajstić information content (AvgIpc) is 2.37. The van der Waals surface area contributed by atoms with Gasteiger partial charge in [0.05, 0.1) is 0 Å². The molecule has 58 valence electrons. The van der Waals surface area contributed by atoms with Crippen molar-refractivity contribution in [3.05, 3.63) is 5.56 Å². The van der Waals surface area contributed by atoms with E-state index in [0.29, 0.717) is 16.7 Å². The number of hydrogen-bond acceptors (Lipinski definition) is 5. The number of anilines is 2. The molecule has 0 saturated carbocycles. The van der Waals surface area contributed by atoms with E-state index >= 15 is 0 Å². The van der Waals surface area contributed by atoms with Crippen LogP contribution in [0.4, 0.5) is 11.0 Å². The minimum absolute atomic E-state index is 0.429. The van der Waals surface area contributed by atoms with Gasteiger partial charge in [0.1, 0.15) is 4.70 Å². The largest absolute Gasteiger partial charge is 0.421 e. The summed E-state index contributed by atoms with van der Waals surface area (Å²) in [5.41, 5.74) is 12.4. The van der Waals surface area contributed by atoms with Crippen molar-refractivity contribution in [3.8, 4) is 0 Å². The molecule has 0 fully saturated rings. The molecule has 0 radical (unpaired) electrons. The molecule has 5 heteroatoms. The molecule has 0 aromatic carbocycles. The van der Waals surface area contributed by atoms with Gasteiger partial charge in [0.25, 0.3) is 0 Å². The number of aryl methyl sites for hydroxylation is 1. The maximum atomic E-state index is 5.51. The quantitative estimate of drug-likeness (QED) is 0.624. The number of furan rings is 1. The van der Waals surface area contributed by atoms with E-state index in [1.54, 1.807) is 0 Å².